The molecular formula is C22H25N3OS. The van der Waals surface area contributed by atoms with Crippen LogP contribution >= 0.6 is 11.8 Å². The molecule has 27 heavy (non-hydrogen) atoms. The van der Waals surface area contributed by atoms with E-state index in [0.29, 0.717) is 11.8 Å². The van der Waals surface area contributed by atoms with Gasteiger partial charge in [-0.1, -0.05) is 19.9 Å². The van der Waals surface area contributed by atoms with Gasteiger partial charge in [-0.25, -0.2) is 4.98 Å². The van der Waals surface area contributed by atoms with Crippen LogP contribution in [0.25, 0.3) is 5.65 Å². The molecule has 0 aliphatic carbocycles. The average Bonchev–Trinajstić information content (AvgIpc) is 3.08. The van der Waals surface area contributed by atoms with Gasteiger partial charge in [-0.15, -0.1) is 11.8 Å². The smallest absolute Gasteiger partial charge is 0.253 e. The van der Waals surface area contributed by atoms with Gasteiger partial charge in [-0.2, -0.15) is 0 Å². The largest absolute Gasteiger partial charge is 0.338 e. The predicted molar refractivity (Wildman–Crippen MR) is 110 cm³/mol. The molecule has 4 nitrogen and oxygen atoms in total. The lowest BCUT2D eigenvalue weighted by Crippen LogP contribution is -2.42. The number of nitrogens with zero attached hydrogens (tertiary/aromatic N) is 3. The van der Waals surface area contributed by atoms with E-state index in [1.54, 1.807) is 11.8 Å². The molecule has 0 saturated carbocycles. The van der Waals surface area contributed by atoms with Crippen molar-refractivity contribution < 1.29 is 4.79 Å². The molecule has 0 bridgehead atoms. The summed E-state index contributed by atoms with van der Waals surface area (Å²) in [6.07, 6.45) is 5.29. The molecule has 1 amide bonds. The van der Waals surface area contributed by atoms with Crippen LogP contribution in [0.15, 0.2) is 59.8 Å². The highest BCUT2D eigenvalue weighted by Gasteiger charge is 2.26. The number of fused-ring (bicyclic) bond motifs is 1. The second-order valence-corrected chi connectivity index (χ2v) is 8.72. The van der Waals surface area contributed by atoms with E-state index >= 15 is 0 Å². The van der Waals surface area contributed by atoms with Crippen LogP contribution in [-0.4, -0.2) is 33.3 Å². The van der Waals surface area contributed by atoms with Gasteiger partial charge in [0.15, 0.2) is 0 Å². The Labute approximate surface area is 164 Å². The third-order valence-electron chi connectivity index (χ3n) is 5.06. The van der Waals surface area contributed by atoms with Crippen LogP contribution in [0, 0.1) is 11.8 Å². The minimum Gasteiger partial charge on any atom is -0.338 e. The number of piperidine rings is 1. The molecule has 0 unspecified atom stereocenters. The zero-order valence-electron chi connectivity index (χ0n) is 15.8. The summed E-state index contributed by atoms with van der Waals surface area (Å²) in [5, 5.41) is 0. The van der Waals surface area contributed by atoms with E-state index in [1.165, 1.54) is 6.42 Å². The molecular weight excluding hydrogens is 354 g/mol. The first-order valence-electron chi connectivity index (χ1n) is 9.53. The maximum Gasteiger partial charge on any atom is 0.253 e. The maximum absolute atomic E-state index is 12.8. The quantitative estimate of drug-likeness (QED) is 0.614. The lowest BCUT2D eigenvalue weighted by molar-refractivity contribution is 0.0623. The molecule has 1 saturated heterocycles. The molecule has 2 aromatic heterocycles. The molecule has 5 heteroatoms. The van der Waals surface area contributed by atoms with E-state index in [-0.39, 0.29) is 5.91 Å². The topological polar surface area (TPSA) is 37.6 Å². The second-order valence-electron chi connectivity index (χ2n) is 7.67. The number of hydrogen-bond acceptors (Lipinski definition) is 3. The minimum atomic E-state index is 0.158. The highest BCUT2D eigenvalue weighted by atomic mass is 32.2. The number of carbonyl (C=O) groups excluding carboxylic acids is 1. The Morgan fingerprint density at radius 2 is 1.85 bits per heavy atom. The number of benzene rings is 1. The van der Waals surface area contributed by atoms with E-state index in [0.717, 1.165) is 40.6 Å². The van der Waals surface area contributed by atoms with Crippen molar-refractivity contribution in [3.05, 3.63) is 66.1 Å². The third kappa shape index (κ3) is 4.19. The Hall–Kier alpha value is -2.27. The normalized spacial score (nSPS) is 20.1. The van der Waals surface area contributed by atoms with Crippen molar-refractivity contribution in [2.75, 3.05) is 13.1 Å². The van der Waals surface area contributed by atoms with Crippen molar-refractivity contribution in [3.63, 3.8) is 0 Å². The van der Waals surface area contributed by atoms with Gasteiger partial charge in [0.2, 0.25) is 0 Å². The molecule has 4 rings (SSSR count). The van der Waals surface area contributed by atoms with Crippen LogP contribution in [-0.2, 0) is 5.75 Å². The number of likely N-dealkylation sites (tertiary alicyclic amines) is 1. The van der Waals surface area contributed by atoms with Crippen molar-refractivity contribution in [2.45, 2.75) is 30.9 Å². The van der Waals surface area contributed by atoms with E-state index in [4.69, 9.17) is 0 Å². The molecule has 1 aromatic carbocycles. The second kappa shape index (κ2) is 7.77. The zero-order chi connectivity index (χ0) is 18.8. The Kier molecular flexibility index (Phi) is 5.21. The van der Waals surface area contributed by atoms with E-state index in [9.17, 15) is 4.79 Å². The lowest BCUT2D eigenvalue weighted by atomic mass is 9.91. The summed E-state index contributed by atoms with van der Waals surface area (Å²) in [6.45, 7) is 6.20. The number of hydrogen-bond donors (Lipinski definition) is 0. The van der Waals surface area contributed by atoms with Crippen LogP contribution in [0.1, 0.15) is 36.3 Å². The SMILES string of the molecule is C[C@@H]1C[C@@H](C)CN(C(=O)c2ccc(SCc3cn4ccccc4n3)cc2)C1. The van der Waals surface area contributed by atoms with Crippen molar-refractivity contribution in [2.24, 2.45) is 11.8 Å². The van der Waals surface area contributed by atoms with Gasteiger partial charge in [0, 0.05) is 41.7 Å². The van der Waals surface area contributed by atoms with Gasteiger partial charge in [-0.05, 0) is 54.7 Å². The van der Waals surface area contributed by atoms with Gasteiger partial charge in [0.25, 0.3) is 5.91 Å². The van der Waals surface area contributed by atoms with Crippen LogP contribution in [0.5, 0.6) is 0 Å². The molecule has 0 radical (unpaired) electrons. The first kappa shape index (κ1) is 18.1. The number of pyridine rings is 1. The summed E-state index contributed by atoms with van der Waals surface area (Å²) in [5.74, 6) is 2.14. The fourth-order valence-electron chi connectivity index (χ4n) is 3.92. The summed E-state index contributed by atoms with van der Waals surface area (Å²) >= 11 is 1.74. The molecule has 2 atom stereocenters. The third-order valence-corrected chi connectivity index (χ3v) is 6.10. The average molecular weight is 380 g/mol. The van der Waals surface area contributed by atoms with E-state index in [2.05, 4.69) is 25.0 Å². The van der Waals surface area contributed by atoms with Gasteiger partial charge in [0.1, 0.15) is 5.65 Å². The van der Waals surface area contributed by atoms with E-state index < -0.39 is 0 Å². The molecule has 1 aliphatic rings. The number of aromatic nitrogens is 2. The van der Waals surface area contributed by atoms with Gasteiger partial charge in [0.05, 0.1) is 5.69 Å². The number of imidazole rings is 1. The number of amides is 1. The number of carbonyl (C=O) groups is 1. The monoisotopic (exact) mass is 379 g/mol. The number of rotatable bonds is 4. The summed E-state index contributed by atoms with van der Waals surface area (Å²) < 4.78 is 2.04. The van der Waals surface area contributed by atoms with Gasteiger partial charge < -0.3 is 9.30 Å². The van der Waals surface area contributed by atoms with Crippen LogP contribution in [0.3, 0.4) is 0 Å². The summed E-state index contributed by atoms with van der Waals surface area (Å²) in [6, 6.07) is 14.0. The molecule has 1 fully saturated rings. The Bertz CT molecular complexity index is 891. The molecule has 0 N–H and O–H groups in total. The minimum absolute atomic E-state index is 0.158. The molecule has 3 heterocycles. The first-order chi connectivity index (χ1) is 13.1. The fourth-order valence-corrected chi connectivity index (χ4v) is 4.70. The first-order valence-corrected chi connectivity index (χ1v) is 10.5. The van der Waals surface area contributed by atoms with Crippen LogP contribution < -0.4 is 0 Å². The van der Waals surface area contributed by atoms with Crippen LogP contribution in [0.4, 0.5) is 0 Å². The summed E-state index contributed by atoms with van der Waals surface area (Å²) in [5.41, 5.74) is 2.81. The highest BCUT2D eigenvalue weighted by Crippen LogP contribution is 2.25. The van der Waals surface area contributed by atoms with Crippen molar-refractivity contribution in [1.29, 1.82) is 0 Å². The van der Waals surface area contributed by atoms with Crippen molar-refractivity contribution in [1.82, 2.24) is 14.3 Å². The molecule has 1 aliphatic heterocycles. The Morgan fingerprint density at radius 3 is 2.56 bits per heavy atom. The molecule has 3 aromatic rings. The fraction of sp³-hybridized carbons (Fsp3) is 0.364. The standard InChI is InChI=1S/C22H25N3OS/c1-16-11-17(2)13-25(12-16)22(26)18-6-8-20(9-7-18)27-15-19-14-24-10-4-3-5-21(24)23-19/h3-10,14,16-17H,11-13,15H2,1-2H3/t16-,17-/m1/s1. The van der Waals surface area contributed by atoms with E-state index in [1.807, 2.05) is 58.0 Å². The lowest BCUT2D eigenvalue weighted by Gasteiger charge is -2.35. The highest BCUT2D eigenvalue weighted by molar-refractivity contribution is 7.98. The molecule has 140 valence electrons. The van der Waals surface area contributed by atoms with Gasteiger partial charge in [-0.3, -0.25) is 4.79 Å². The van der Waals surface area contributed by atoms with Crippen LogP contribution in [0.2, 0.25) is 0 Å². The summed E-state index contributed by atoms with van der Waals surface area (Å²) in [7, 11) is 0. The predicted octanol–water partition coefficient (Wildman–Crippen LogP) is 4.74. The Morgan fingerprint density at radius 1 is 1.11 bits per heavy atom. The van der Waals surface area contributed by atoms with Gasteiger partial charge >= 0.3 is 0 Å². The van der Waals surface area contributed by atoms with Crippen molar-refractivity contribution in [3.8, 4) is 0 Å². The Balaban J connectivity index is 1.39. The maximum atomic E-state index is 12.8. The number of thioether (sulfide) groups is 1. The molecule has 0 spiro atoms. The zero-order valence-corrected chi connectivity index (χ0v) is 16.7. The van der Waals surface area contributed by atoms with Crippen molar-refractivity contribution >= 4 is 23.3 Å². The summed E-state index contributed by atoms with van der Waals surface area (Å²) in [4.78, 5) is 20.6.